The average molecular weight is 547 g/mol. The number of benzene rings is 2. The van der Waals surface area contributed by atoms with Crippen LogP contribution in [0.25, 0.3) is 11.4 Å². The number of anilines is 1. The van der Waals surface area contributed by atoms with Crippen molar-refractivity contribution < 1.29 is 31.1 Å². The largest absolute Gasteiger partial charge is 0.573 e. The molecular weight excluding hydrogens is 529 g/mol. The molecule has 186 valence electrons. The number of nitrogens with zero attached hydrogens (tertiary/aromatic N) is 3. The number of nitrogens with one attached hydrogen (secondary N) is 1. The summed E-state index contributed by atoms with van der Waals surface area (Å²) in [6.07, 6.45) is -3.16. The first-order chi connectivity index (χ1) is 16.5. The Bertz CT molecular complexity index is 1300. The second-order valence-corrected chi connectivity index (χ2v) is 10.6. The summed E-state index contributed by atoms with van der Waals surface area (Å²) in [7, 11) is -3.93. The standard InChI is InChI=1S/C21H18ClF3N4O4S2/c22-14-6-10-16(11-7-14)35(31,32)29-12-2-1-3-17(29)19(30)27-20-26-18(28-34-20)13-4-8-15(9-5-13)33-21(23,24)25/h4-11,17H,1-3,12H2,(H,26,27,28,30)/t17-/m1/s1. The molecule has 4 rings (SSSR count). The summed E-state index contributed by atoms with van der Waals surface area (Å²) in [5.41, 5.74) is 0.417. The maximum atomic E-state index is 13.2. The van der Waals surface area contributed by atoms with Gasteiger partial charge in [-0.15, -0.1) is 13.2 Å². The van der Waals surface area contributed by atoms with E-state index in [1.807, 2.05) is 0 Å². The molecule has 0 saturated carbocycles. The number of carbonyl (C=O) groups is 1. The van der Waals surface area contributed by atoms with Crippen molar-refractivity contribution in [2.24, 2.45) is 0 Å². The Labute approximate surface area is 207 Å². The van der Waals surface area contributed by atoms with Gasteiger partial charge >= 0.3 is 6.36 Å². The second-order valence-electron chi connectivity index (χ2n) is 7.57. The van der Waals surface area contributed by atoms with Crippen molar-refractivity contribution in [3.8, 4) is 17.1 Å². The van der Waals surface area contributed by atoms with E-state index >= 15 is 0 Å². The molecule has 2 heterocycles. The van der Waals surface area contributed by atoms with Crippen LogP contribution in [0.5, 0.6) is 5.75 Å². The van der Waals surface area contributed by atoms with Gasteiger partial charge in [-0.1, -0.05) is 18.0 Å². The number of halogens is 4. The Morgan fingerprint density at radius 3 is 2.46 bits per heavy atom. The number of hydrogen-bond acceptors (Lipinski definition) is 7. The van der Waals surface area contributed by atoms with Gasteiger partial charge in [-0.25, -0.2) is 8.42 Å². The first-order valence-electron chi connectivity index (χ1n) is 10.3. The van der Waals surface area contributed by atoms with E-state index < -0.39 is 28.3 Å². The zero-order valence-electron chi connectivity index (χ0n) is 17.8. The number of aromatic nitrogens is 2. The van der Waals surface area contributed by atoms with Gasteiger partial charge in [0.05, 0.1) is 4.90 Å². The van der Waals surface area contributed by atoms with E-state index in [1.165, 1.54) is 40.7 Å². The van der Waals surface area contributed by atoms with E-state index in [9.17, 15) is 26.4 Å². The number of sulfonamides is 1. The van der Waals surface area contributed by atoms with E-state index in [2.05, 4.69) is 19.4 Å². The van der Waals surface area contributed by atoms with Crippen molar-refractivity contribution in [2.75, 3.05) is 11.9 Å². The molecule has 1 atom stereocenters. The predicted molar refractivity (Wildman–Crippen MR) is 124 cm³/mol. The zero-order chi connectivity index (χ0) is 25.2. The molecule has 0 aliphatic carbocycles. The minimum atomic E-state index is -4.80. The molecule has 35 heavy (non-hydrogen) atoms. The molecule has 8 nitrogen and oxygen atoms in total. The van der Waals surface area contributed by atoms with Gasteiger partial charge in [-0.3, -0.25) is 10.1 Å². The Morgan fingerprint density at radius 1 is 1.11 bits per heavy atom. The van der Waals surface area contributed by atoms with E-state index in [0.29, 0.717) is 29.8 Å². The SMILES string of the molecule is O=C(Nc1nc(-c2ccc(OC(F)(F)F)cc2)ns1)[C@H]1CCCCN1S(=O)(=O)c1ccc(Cl)cc1. The molecule has 1 saturated heterocycles. The highest BCUT2D eigenvalue weighted by Crippen LogP contribution is 2.29. The third-order valence-electron chi connectivity index (χ3n) is 5.18. The first-order valence-corrected chi connectivity index (χ1v) is 12.9. The molecule has 2 aromatic carbocycles. The maximum Gasteiger partial charge on any atom is 0.573 e. The van der Waals surface area contributed by atoms with Crippen molar-refractivity contribution >= 4 is 44.2 Å². The summed E-state index contributed by atoms with van der Waals surface area (Å²) in [4.78, 5) is 17.3. The number of rotatable bonds is 6. The maximum absolute atomic E-state index is 13.2. The van der Waals surface area contributed by atoms with Crippen LogP contribution in [0.4, 0.5) is 18.3 Å². The summed E-state index contributed by atoms with van der Waals surface area (Å²) >= 11 is 6.73. The molecule has 0 spiro atoms. The molecule has 1 N–H and O–H groups in total. The summed E-state index contributed by atoms with van der Waals surface area (Å²) in [6, 6.07) is 9.76. The molecule has 1 aliphatic rings. The number of ether oxygens (including phenoxy) is 1. The Morgan fingerprint density at radius 2 is 1.80 bits per heavy atom. The Hall–Kier alpha value is -2.74. The van der Waals surface area contributed by atoms with Gasteiger partial charge in [0.1, 0.15) is 11.8 Å². The normalized spacial score (nSPS) is 17.2. The van der Waals surface area contributed by atoms with Gasteiger partial charge in [-0.05, 0) is 61.4 Å². The molecule has 14 heteroatoms. The van der Waals surface area contributed by atoms with Crippen LogP contribution in [-0.2, 0) is 14.8 Å². The van der Waals surface area contributed by atoms with Crippen LogP contribution in [0.15, 0.2) is 53.4 Å². The van der Waals surface area contributed by atoms with Gasteiger partial charge in [0.25, 0.3) is 0 Å². The highest BCUT2D eigenvalue weighted by molar-refractivity contribution is 7.89. The number of piperidine rings is 1. The molecule has 0 unspecified atom stereocenters. The number of alkyl halides is 3. The van der Waals surface area contributed by atoms with Crippen molar-refractivity contribution in [3.63, 3.8) is 0 Å². The molecule has 0 radical (unpaired) electrons. The zero-order valence-corrected chi connectivity index (χ0v) is 20.2. The minimum absolute atomic E-state index is 0.0396. The van der Waals surface area contributed by atoms with E-state index in [4.69, 9.17) is 11.6 Å². The molecule has 1 aromatic heterocycles. The van der Waals surface area contributed by atoms with E-state index in [1.54, 1.807) is 0 Å². The molecule has 3 aromatic rings. The van der Waals surface area contributed by atoms with Crippen LogP contribution in [0.1, 0.15) is 19.3 Å². The van der Waals surface area contributed by atoms with E-state index in [-0.39, 0.29) is 28.1 Å². The van der Waals surface area contributed by atoms with Crippen molar-refractivity contribution in [1.82, 2.24) is 13.7 Å². The van der Waals surface area contributed by atoms with Crippen molar-refractivity contribution in [1.29, 1.82) is 0 Å². The summed E-state index contributed by atoms with van der Waals surface area (Å²) in [5, 5.41) is 3.14. The topological polar surface area (TPSA) is 101 Å². The van der Waals surface area contributed by atoms with Gasteiger partial charge < -0.3 is 4.74 Å². The fourth-order valence-electron chi connectivity index (χ4n) is 3.58. The average Bonchev–Trinajstić information content (AvgIpc) is 3.27. The van der Waals surface area contributed by atoms with Crippen LogP contribution < -0.4 is 10.1 Å². The highest BCUT2D eigenvalue weighted by atomic mass is 35.5. The fourth-order valence-corrected chi connectivity index (χ4v) is 5.96. The van der Waals surface area contributed by atoms with Gasteiger partial charge in [0.2, 0.25) is 21.1 Å². The third kappa shape index (κ3) is 6.10. The highest BCUT2D eigenvalue weighted by Gasteiger charge is 2.38. The van der Waals surface area contributed by atoms with Gasteiger partial charge in [-0.2, -0.15) is 13.7 Å². The Balaban J connectivity index is 1.48. The summed E-state index contributed by atoms with van der Waals surface area (Å²) in [6.45, 7) is 0.191. The number of hydrogen-bond donors (Lipinski definition) is 1. The monoisotopic (exact) mass is 546 g/mol. The van der Waals surface area contributed by atoms with Crippen molar-refractivity contribution in [3.05, 3.63) is 53.6 Å². The van der Waals surface area contributed by atoms with Crippen LogP contribution in [0.3, 0.4) is 0 Å². The molecule has 1 fully saturated rings. The molecular formula is C21H18ClF3N4O4S2. The van der Waals surface area contributed by atoms with E-state index in [0.717, 1.165) is 23.7 Å². The Kier molecular flexibility index (Phi) is 7.31. The molecule has 1 amide bonds. The smallest absolute Gasteiger partial charge is 0.406 e. The predicted octanol–water partition coefficient (Wildman–Crippen LogP) is 4.94. The second kappa shape index (κ2) is 10.1. The molecule has 1 aliphatic heterocycles. The lowest BCUT2D eigenvalue weighted by atomic mass is 10.0. The van der Waals surface area contributed by atoms with Crippen LogP contribution in [-0.4, -0.2) is 46.9 Å². The lowest BCUT2D eigenvalue weighted by Gasteiger charge is -2.33. The van der Waals surface area contributed by atoms with Gasteiger partial charge in [0.15, 0.2) is 5.82 Å². The van der Waals surface area contributed by atoms with Crippen LogP contribution in [0.2, 0.25) is 5.02 Å². The number of amides is 1. The summed E-state index contributed by atoms with van der Waals surface area (Å²) < 4.78 is 72.4. The fraction of sp³-hybridized carbons (Fsp3) is 0.286. The summed E-state index contributed by atoms with van der Waals surface area (Å²) in [5.74, 6) is -0.735. The third-order valence-corrected chi connectivity index (χ3v) is 7.98. The lowest BCUT2D eigenvalue weighted by molar-refractivity contribution is -0.274. The minimum Gasteiger partial charge on any atom is -0.406 e. The number of carbonyl (C=O) groups excluding carboxylic acids is 1. The lowest BCUT2D eigenvalue weighted by Crippen LogP contribution is -2.49. The van der Waals surface area contributed by atoms with Crippen LogP contribution >= 0.6 is 23.1 Å². The van der Waals surface area contributed by atoms with Crippen molar-refractivity contribution in [2.45, 2.75) is 36.6 Å². The quantitative estimate of drug-likeness (QED) is 0.470. The molecule has 0 bridgehead atoms. The van der Waals surface area contributed by atoms with Gasteiger partial charge in [0, 0.05) is 28.7 Å². The first kappa shape index (κ1) is 25.4. The van der Waals surface area contributed by atoms with Crippen LogP contribution in [0, 0.1) is 0 Å².